The van der Waals surface area contributed by atoms with Crippen molar-refractivity contribution in [2.24, 2.45) is 5.41 Å². The van der Waals surface area contributed by atoms with Crippen LogP contribution in [0.1, 0.15) is 26.7 Å². The monoisotopic (exact) mass is 387 g/mol. The summed E-state index contributed by atoms with van der Waals surface area (Å²) in [6.07, 6.45) is -0.621. The summed E-state index contributed by atoms with van der Waals surface area (Å²) in [4.78, 5) is 34.1. The van der Waals surface area contributed by atoms with Gasteiger partial charge in [0.05, 0.1) is 10.8 Å². The van der Waals surface area contributed by atoms with Crippen molar-refractivity contribution in [1.29, 1.82) is 0 Å². The quantitative estimate of drug-likeness (QED) is 0.611. The SMILES string of the molecule is CC(=O)OC1CCC(C)(C(=O)O)C(Cl)(C(=O)Nc2ccccc2)C1Cl. The first-order valence-electron chi connectivity index (χ1n) is 7.73. The Balaban J connectivity index is 2.41. The highest BCUT2D eigenvalue weighted by molar-refractivity contribution is 6.44. The number of ether oxygens (including phenoxy) is 1. The van der Waals surface area contributed by atoms with E-state index in [0.29, 0.717) is 5.69 Å². The summed E-state index contributed by atoms with van der Waals surface area (Å²) in [7, 11) is 0. The molecule has 8 heteroatoms. The number of hydrogen-bond acceptors (Lipinski definition) is 4. The van der Waals surface area contributed by atoms with Crippen LogP contribution in [0.25, 0.3) is 0 Å². The molecule has 0 saturated heterocycles. The Bertz CT molecular complexity index is 683. The number of rotatable bonds is 4. The van der Waals surface area contributed by atoms with Crippen molar-refractivity contribution in [3.8, 4) is 0 Å². The lowest BCUT2D eigenvalue weighted by Gasteiger charge is -2.48. The van der Waals surface area contributed by atoms with Gasteiger partial charge in [-0.25, -0.2) is 0 Å². The normalized spacial score (nSPS) is 31.8. The second kappa shape index (κ2) is 7.22. The van der Waals surface area contributed by atoms with Crippen LogP contribution in [0.4, 0.5) is 5.69 Å². The van der Waals surface area contributed by atoms with Crippen molar-refractivity contribution >= 4 is 46.7 Å². The molecule has 25 heavy (non-hydrogen) atoms. The number of nitrogens with one attached hydrogen (secondary N) is 1. The fourth-order valence-electron chi connectivity index (χ4n) is 3.03. The first kappa shape index (κ1) is 19.5. The number of benzene rings is 1. The summed E-state index contributed by atoms with van der Waals surface area (Å²) in [5.74, 6) is -2.56. The Morgan fingerprint density at radius 2 is 1.88 bits per heavy atom. The Hall–Kier alpha value is -1.79. The average molecular weight is 388 g/mol. The molecule has 1 aliphatic rings. The molecule has 0 heterocycles. The van der Waals surface area contributed by atoms with Gasteiger partial charge >= 0.3 is 11.9 Å². The van der Waals surface area contributed by atoms with E-state index in [0.717, 1.165) is 0 Å². The molecule has 6 nitrogen and oxygen atoms in total. The molecule has 1 aliphatic carbocycles. The molecule has 0 spiro atoms. The molecule has 0 bridgehead atoms. The number of anilines is 1. The Kier molecular flexibility index (Phi) is 5.64. The molecule has 1 saturated carbocycles. The van der Waals surface area contributed by atoms with Gasteiger partial charge in [0.2, 0.25) is 5.91 Å². The molecular formula is C17H19Cl2NO5. The van der Waals surface area contributed by atoms with Crippen LogP contribution >= 0.6 is 23.2 Å². The number of alkyl halides is 2. The zero-order valence-electron chi connectivity index (χ0n) is 13.8. The molecule has 4 unspecified atom stereocenters. The van der Waals surface area contributed by atoms with Crippen LogP contribution in [0.2, 0.25) is 0 Å². The molecule has 2 rings (SSSR count). The standard InChI is InChI=1S/C17H19Cl2NO5/c1-10(21)25-12-8-9-16(2,15(23)24)17(19,13(12)18)14(22)20-11-6-4-3-5-7-11/h3-7,12-13H,8-9H2,1-2H3,(H,20,22)(H,23,24). The number of halogens is 2. The van der Waals surface area contributed by atoms with Crippen molar-refractivity contribution in [2.75, 3.05) is 5.32 Å². The smallest absolute Gasteiger partial charge is 0.311 e. The molecule has 0 aliphatic heterocycles. The van der Waals surface area contributed by atoms with Crippen LogP contribution in [-0.4, -0.2) is 39.3 Å². The number of carboxylic acids is 1. The Labute approximate surface area is 155 Å². The highest BCUT2D eigenvalue weighted by Gasteiger charge is 2.66. The predicted octanol–water partition coefficient (Wildman–Crippen LogP) is 3.03. The molecule has 1 aromatic rings. The van der Waals surface area contributed by atoms with Crippen molar-refractivity contribution in [3.63, 3.8) is 0 Å². The van der Waals surface area contributed by atoms with E-state index in [1.165, 1.54) is 13.8 Å². The fraction of sp³-hybridized carbons (Fsp3) is 0.471. The number of carbonyl (C=O) groups excluding carboxylic acids is 2. The van der Waals surface area contributed by atoms with E-state index >= 15 is 0 Å². The van der Waals surface area contributed by atoms with Gasteiger partial charge in [0.15, 0.2) is 4.87 Å². The number of carboxylic acid groups (broad SMARTS) is 1. The van der Waals surface area contributed by atoms with Gasteiger partial charge in [-0.05, 0) is 31.9 Å². The second-order valence-electron chi connectivity index (χ2n) is 6.26. The lowest BCUT2D eigenvalue weighted by Crippen LogP contribution is -2.65. The third-order valence-corrected chi connectivity index (χ3v) is 6.13. The van der Waals surface area contributed by atoms with Gasteiger partial charge < -0.3 is 15.2 Å². The lowest BCUT2D eigenvalue weighted by molar-refractivity contribution is -0.161. The zero-order chi connectivity index (χ0) is 18.8. The molecular weight excluding hydrogens is 369 g/mol. The fourth-order valence-corrected chi connectivity index (χ4v) is 3.91. The molecule has 1 aromatic carbocycles. The lowest BCUT2D eigenvalue weighted by atomic mass is 9.65. The highest BCUT2D eigenvalue weighted by atomic mass is 35.5. The first-order chi connectivity index (χ1) is 11.6. The predicted molar refractivity (Wildman–Crippen MR) is 93.8 cm³/mol. The zero-order valence-corrected chi connectivity index (χ0v) is 15.3. The van der Waals surface area contributed by atoms with Gasteiger partial charge in [0.1, 0.15) is 6.10 Å². The highest BCUT2D eigenvalue weighted by Crippen LogP contribution is 2.52. The largest absolute Gasteiger partial charge is 0.481 e. The third-order valence-electron chi connectivity index (χ3n) is 4.59. The van der Waals surface area contributed by atoms with Gasteiger partial charge in [-0.1, -0.05) is 18.2 Å². The number of amides is 1. The minimum Gasteiger partial charge on any atom is -0.481 e. The van der Waals surface area contributed by atoms with Crippen LogP contribution in [0, 0.1) is 5.41 Å². The summed E-state index contributed by atoms with van der Waals surface area (Å²) >= 11 is 13.0. The second-order valence-corrected chi connectivity index (χ2v) is 7.32. The molecule has 136 valence electrons. The number of hydrogen-bond donors (Lipinski definition) is 2. The maximum atomic E-state index is 12.9. The van der Waals surface area contributed by atoms with Gasteiger partial charge in [-0.2, -0.15) is 0 Å². The minimum absolute atomic E-state index is 0.0369. The average Bonchev–Trinajstić information content (AvgIpc) is 2.56. The van der Waals surface area contributed by atoms with Crippen LogP contribution in [0.5, 0.6) is 0 Å². The molecule has 1 fully saturated rings. The summed E-state index contributed by atoms with van der Waals surface area (Å²) in [6.45, 7) is 2.60. The first-order valence-corrected chi connectivity index (χ1v) is 8.54. The molecule has 4 atom stereocenters. The van der Waals surface area contributed by atoms with E-state index in [1.54, 1.807) is 30.3 Å². The van der Waals surface area contributed by atoms with Crippen molar-refractivity contribution in [2.45, 2.75) is 43.0 Å². The Morgan fingerprint density at radius 3 is 2.40 bits per heavy atom. The topological polar surface area (TPSA) is 92.7 Å². The molecule has 0 aromatic heterocycles. The number of esters is 1. The van der Waals surface area contributed by atoms with Crippen molar-refractivity contribution in [3.05, 3.63) is 30.3 Å². The van der Waals surface area contributed by atoms with E-state index in [-0.39, 0.29) is 12.8 Å². The summed E-state index contributed by atoms with van der Waals surface area (Å²) in [5, 5.41) is 11.1. The van der Waals surface area contributed by atoms with Gasteiger partial charge in [-0.15, -0.1) is 23.2 Å². The summed E-state index contributed by atoms with van der Waals surface area (Å²) in [5.41, 5.74) is -1.17. The van der Waals surface area contributed by atoms with Gasteiger partial charge in [0, 0.05) is 12.6 Å². The summed E-state index contributed by atoms with van der Waals surface area (Å²) < 4.78 is 5.14. The Morgan fingerprint density at radius 1 is 1.28 bits per heavy atom. The van der Waals surface area contributed by atoms with Crippen LogP contribution in [-0.2, 0) is 19.1 Å². The van der Waals surface area contributed by atoms with Crippen molar-refractivity contribution in [1.82, 2.24) is 0 Å². The van der Waals surface area contributed by atoms with E-state index in [2.05, 4.69) is 5.32 Å². The van der Waals surface area contributed by atoms with Gasteiger partial charge in [0.25, 0.3) is 0 Å². The minimum atomic E-state index is -2.01. The van der Waals surface area contributed by atoms with Gasteiger partial charge in [-0.3, -0.25) is 14.4 Å². The maximum Gasteiger partial charge on any atom is 0.311 e. The summed E-state index contributed by atoms with van der Waals surface area (Å²) in [6, 6.07) is 8.49. The third kappa shape index (κ3) is 3.46. The number of carbonyl (C=O) groups is 3. The molecule has 0 radical (unpaired) electrons. The molecule has 1 amide bonds. The van der Waals surface area contributed by atoms with E-state index in [4.69, 9.17) is 27.9 Å². The van der Waals surface area contributed by atoms with E-state index in [1.807, 2.05) is 0 Å². The van der Waals surface area contributed by atoms with E-state index < -0.39 is 39.6 Å². The van der Waals surface area contributed by atoms with Crippen LogP contribution in [0.15, 0.2) is 30.3 Å². The van der Waals surface area contributed by atoms with E-state index in [9.17, 15) is 19.5 Å². The van der Waals surface area contributed by atoms with Crippen LogP contribution < -0.4 is 5.32 Å². The maximum absolute atomic E-state index is 12.9. The van der Waals surface area contributed by atoms with Crippen molar-refractivity contribution < 1.29 is 24.2 Å². The van der Waals surface area contributed by atoms with Crippen LogP contribution in [0.3, 0.4) is 0 Å². The number of para-hydroxylation sites is 1. The number of aliphatic carboxylic acids is 1. The molecule has 2 N–H and O–H groups in total.